The second-order valence-electron chi connectivity index (χ2n) is 10.1. The summed E-state index contributed by atoms with van der Waals surface area (Å²) in [6.07, 6.45) is 4.46. The van der Waals surface area contributed by atoms with Crippen LogP contribution >= 0.6 is 0 Å². The molecular formula is C30H32N2O. The van der Waals surface area contributed by atoms with E-state index in [4.69, 9.17) is 0 Å². The van der Waals surface area contributed by atoms with E-state index in [2.05, 4.69) is 110 Å². The predicted molar refractivity (Wildman–Crippen MR) is 136 cm³/mol. The molecule has 0 aromatic heterocycles. The summed E-state index contributed by atoms with van der Waals surface area (Å²) in [4.78, 5) is 17.9. The molecule has 0 radical (unpaired) electrons. The lowest BCUT2D eigenvalue weighted by Crippen LogP contribution is -2.60. The second-order valence-corrected chi connectivity index (χ2v) is 10.1. The molecular weight excluding hydrogens is 404 g/mol. The number of carbonyl (C=O) groups excluding carboxylic acids is 1. The zero-order chi connectivity index (χ0) is 23.2. The molecule has 2 aliphatic heterocycles. The van der Waals surface area contributed by atoms with Crippen molar-refractivity contribution in [2.45, 2.75) is 51.2 Å². The van der Waals surface area contributed by atoms with Crippen LogP contribution in [0.5, 0.6) is 0 Å². The fraction of sp³-hybridized carbons (Fsp3) is 0.300. The molecule has 168 valence electrons. The number of anilines is 1. The third-order valence-electron chi connectivity index (χ3n) is 7.50. The Morgan fingerprint density at radius 1 is 0.909 bits per heavy atom. The van der Waals surface area contributed by atoms with E-state index in [9.17, 15) is 4.79 Å². The molecule has 2 heterocycles. The normalized spacial score (nSPS) is 21.2. The molecule has 0 saturated carbocycles. The lowest BCUT2D eigenvalue weighted by atomic mass is 9.74. The lowest BCUT2D eigenvalue weighted by Gasteiger charge is -2.46. The summed E-state index contributed by atoms with van der Waals surface area (Å²) in [6.45, 7) is 9.95. The van der Waals surface area contributed by atoms with Crippen LogP contribution in [0.15, 0.2) is 84.9 Å². The number of rotatable bonds is 5. The largest absolute Gasteiger partial charge is 0.335 e. The van der Waals surface area contributed by atoms with Crippen molar-refractivity contribution >= 4 is 17.7 Å². The van der Waals surface area contributed by atoms with E-state index in [0.717, 1.165) is 16.8 Å². The molecule has 1 atom stereocenters. The molecule has 0 aliphatic carbocycles. The Kier molecular flexibility index (Phi) is 5.16. The van der Waals surface area contributed by atoms with Gasteiger partial charge in [-0.05, 0) is 40.3 Å². The van der Waals surface area contributed by atoms with Gasteiger partial charge in [0.25, 0.3) is 0 Å². The Labute approximate surface area is 197 Å². The molecule has 3 aromatic carbocycles. The number of hydrogen-bond donors (Lipinski definition) is 0. The first-order valence-electron chi connectivity index (χ1n) is 11.9. The van der Waals surface area contributed by atoms with Gasteiger partial charge in [0.1, 0.15) is 5.66 Å². The van der Waals surface area contributed by atoms with Gasteiger partial charge in [0.15, 0.2) is 0 Å². The number of nitrogens with zero attached hydrogens (tertiary/aromatic N) is 2. The fourth-order valence-corrected chi connectivity index (χ4v) is 5.62. The van der Waals surface area contributed by atoms with Crippen molar-refractivity contribution in [1.82, 2.24) is 4.90 Å². The highest BCUT2D eigenvalue weighted by Gasteiger charge is 2.63. The Morgan fingerprint density at radius 2 is 1.58 bits per heavy atom. The van der Waals surface area contributed by atoms with Crippen molar-refractivity contribution in [3.8, 4) is 0 Å². The van der Waals surface area contributed by atoms with Crippen LogP contribution in [0.25, 0.3) is 6.08 Å². The van der Waals surface area contributed by atoms with E-state index in [1.165, 1.54) is 11.1 Å². The standard InChI is InChI=1S/C30H32N2O/c1-22(2)25-16-14-23(15-17-25)18-19-30-29(3,4)26-12-8-9-13-27(26)31(30)21-28(33)32(30)20-24-10-6-5-7-11-24/h5-19,22H,20-21H2,1-4H3/b19-18+/t30-/m0/s1. The predicted octanol–water partition coefficient (Wildman–Crippen LogP) is 6.36. The molecule has 1 saturated heterocycles. The van der Waals surface area contributed by atoms with Crippen molar-refractivity contribution in [2.75, 3.05) is 11.4 Å². The first-order valence-corrected chi connectivity index (χ1v) is 11.9. The van der Waals surface area contributed by atoms with E-state index < -0.39 is 5.66 Å². The molecule has 0 bridgehead atoms. The van der Waals surface area contributed by atoms with Crippen LogP contribution in [0.3, 0.4) is 0 Å². The molecule has 5 rings (SSSR count). The van der Waals surface area contributed by atoms with E-state index in [0.29, 0.717) is 19.0 Å². The summed E-state index contributed by atoms with van der Waals surface area (Å²) in [5, 5.41) is 0. The number of para-hydroxylation sites is 1. The molecule has 1 fully saturated rings. The topological polar surface area (TPSA) is 23.6 Å². The van der Waals surface area contributed by atoms with Gasteiger partial charge < -0.3 is 9.80 Å². The number of amides is 1. The maximum atomic E-state index is 13.5. The van der Waals surface area contributed by atoms with Crippen LogP contribution in [-0.4, -0.2) is 23.0 Å². The molecule has 2 aliphatic rings. The highest BCUT2D eigenvalue weighted by Crippen LogP contribution is 2.56. The molecule has 1 amide bonds. The van der Waals surface area contributed by atoms with Crippen molar-refractivity contribution in [3.05, 3.63) is 107 Å². The summed E-state index contributed by atoms with van der Waals surface area (Å²) >= 11 is 0. The Hall–Kier alpha value is -3.33. The monoisotopic (exact) mass is 436 g/mol. The van der Waals surface area contributed by atoms with E-state index >= 15 is 0 Å². The molecule has 3 heteroatoms. The van der Waals surface area contributed by atoms with Crippen LogP contribution < -0.4 is 4.90 Å². The van der Waals surface area contributed by atoms with Crippen LogP contribution in [0.2, 0.25) is 0 Å². The summed E-state index contributed by atoms with van der Waals surface area (Å²) in [5.74, 6) is 0.676. The van der Waals surface area contributed by atoms with Crippen LogP contribution in [0.4, 0.5) is 5.69 Å². The number of hydrogen-bond acceptors (Lipinski definition) is 2. The highest BCUT2D eigenvalue weighted by molar-refractivity contribution is 5.91. The van der Waals surface area contributed by atoms with Crippen molar-refractivity contribution in [3.63, 3.8) is 0 Å². The number of benzene rings is 3. The van der Waals surface area contributed by atoms with E-state index in [1.807, 2.05) is 18.2 Å². The van der Waals surface area contributed by atoms with Gasteiger partial charge >= 0.3 is 0 Å². The van der Waals surface area contributed by atoms with Gasteiger partial charge in [-0.15, -0.1) is 0 Å². The molecule has 3 nitrogen and oxygen atoms in total. The highest BCUT2D eigenvalue weighted by atomic mass is 16.2. The minimum Gasteiger partial charge on any atom is -0.335 e. The fourth-order valence-electron chi connectivity index (χ4n) is 5.62. The average Bonchev–Trinajstić information content (AvgIpc) is 3.20. The Morgan fingerprint density at radius 3 is 2.27 bits per heavy atom. The SMILES string of the molecule is CC(C)c1ccc(/C=C/[C@@]23N(Cc4ccccc4)C(=O)CN2c2ccccc2C3(C)C)cc1. The minimum absolute atomic E-state index is 0.168. The Balaban J connectivity index is 1.62. The summed E-state index contributed by atoms with van der Waals surface area (Å²) in [6, 6.07) is 27.6. The zero-order valence-electron chi connectivity index (χ0n) is 20.0. The number of fused-ring (bicyclic) bond motifs is 3. The smallest absolute Gasteiger partial charge is 0.244 e. The van der Waals surface area contributed by atoms with Crippen molar-refractivity contribution in [2.24, 2.45) is 0 Å². The van der Waals surface area contributed by atoms with Gasteiger partial charge in [0.2, 0.25) is 5.91 Å². The average molecular weight is 437 g/mol. The van der Waals surface area contributed by atoms with E-state index in [-0.39, 0.29) is 11.3 Å². The molecule has 3 aromatic rings. The lowest BCUT2D eigenvalue weighted by molar-refractivity contribution is -0.131. The van der Waals surface area contributed by atoms with Gasteiger partial charge in [-0.1, -0.05) is 107 Å². The third kappa shape index (κ3) is 3.30. The maximum Gasteiger partial charge on any atom is 0.244 e. The third-order valence-corrected chi connectivity index (χ3v) is 7.50. The molecule has 33 heavy (non-hydrogen) atoms. The Bertz CT molecular complexity index is 1190. The second kappa shape index (κ2) is 7.91. The minimum atomic E-state index is -0.569. The van der Waals surface area contributed by atoms with Crippen LogP contribution in [0.1, 0.15) is 55.9 Å². The van der Waals surface area contributed by atoms with Gasteiger partial charge in [0, 0.05) is 17.6 Å². The molecule has 0 spiro atoms. The maximum absolute atomic E-state index is 13.5. The van der Waals surface area contributed by atoms with Gasteiger partial charge in [0.05, 0.1) is 6.54 Å². The number of carbonyl (C=O) groups is 1. The van der Waals surface area contributed by atoms with Crippen molar-refractivity contribution < 1.29 is 4.79 Å². The van der Waals surface area contributed by atoms with Crippen LogP contribution in [-0.2, 0) is 16.8 Å². The van der Waals surface area contributed by atoms with E-state index in [1.54, 1.807) is 0 Å². The van der Waals surface area contributed by atoms with Crippen LogP contribution in [0, 0.1) is 0 Å². The van der Waals surface area contributed by atoms with Gasteiger partial charge in [-0.25, -0.2) is 0 Å². The summed E-state index contributed by atoms with van der Waals surface area (Å²) < 4.78 is 0. The van der Waals surface area contributed by atoms with Crippen molar-refractivity contribution in [1.29, 1.82) is 0 Å². The first-order chi connectivity index (χ1) is 15.8. The zero-order valence-corrected chi connectivity index (χ0v) is 20.0. The molecule has 0 unspecified atom stereocenters. The molecule has 0 N–H and O–H groups in total. The quantitative estimate of drug-likeness (QED) is 0.465. The van der Waals surface area contributed by atoms with Gasteiger partial charge in [-0.3, -0.25) is 4.79 Å². The van der Waals surface area contributed by atoms with Gasteiger partial charge in [-0.2, -0.15) is 0 Å². The summed E-state index contributed by atoms with van der Waals surface area (Å²) in [5.41, 5.74) is 5.23. The summed E-state index contributed by atoms with van der Waals surface area (Å²) in [7, 11) is 0. The first kappa shape index (κ1) is 21.5.